The van der Waals surface area contributed by atoms with E-state index in [2.05, 4.69) is 5.10 Å². The lowest BCUT2D eigenvalue weighted by Crippen LogP contribution is -1.98. The van der Waals surface area contributed by atoms with Crippen LogP contribution in [0.5, 0.6) is 0 Å². The van der Waals surface area contributed by atoms with Crippen molar-refractivity contribution in [2.75, 3.05) is 0 Å². The van der Waals surface area contributed by atoms with Crippen molar-refractivity contribution in [2.45, 2.75) is 12.3 Å². The molecule has 0 amide bonds. The van der Waals surface area contributed by atoms with Crippen LogP contribution in [0.1, 0.15) is 17.9 Å². The van der Waals surface area contributed by atoms with E-state index >= 15 is 0 Å². The maximum absolute atomic E-state index is 10.5. The first-order chi connectivity index (χ1) is 5.68. The standard InChI is InChI=1S/C8H10N2O2/c1-10-4-5(3-9-10)6-2-7(6)8(11)12/h3-4,6-7H,2H2,1H3,(H,11,12)/t6?,7-/m1/s1. The molecule has 2 atom stereocenters. The van der Waals surface area contributed by atoms with E-state index in [1.54, 1.807) is 10.9 Å². The number of carbonyl (C=O) groups is 1. The molecule has 1 aromatic heterocycles. The Hall–Kier alpha value is -1.32. The van der Waals surface area contributed by atoms with E-state index in [9.17, 15) is 4.79 Å². The van der Waals surface area contributed by atoms with Crippen LogP contribution in [-0.2, 0) is 11.8 Å². The second-order valence-corrected chi connectivity index (χ2v) is 3.23. The third kappa shape index (κ3) is 1.09. The van der Waals surface area contributed by atoms with Crippen molar-refractivity contribution in [3.05, 3.63) is 18.0 Å². The molecule has 1 aromatic rings. The minimum Gasteiger partial charge on any atom is -0.481 e. The largest absolute Gasteiger partial charge is 0.481 e. The van der Waals surface area contributed by atoms with Gasteiger partial charge in [0.25, 0.3) is 0 Å². The molecule has 4 nitrogen and oxygen atoms in total. The van der Waals surface area contributed by atoms with Gasteiger partial charge in [-0.05, 0) is 12.0 Å². The van der Waals surface area contributed by atoms with Crippen LogP contribution in [0.2, 0.25) is 0 Å². The molecule has 0 aromatic carbocycles. The van der Waals surface area contributed by atoms with Gasteiger partial charge in [-0.25, -0.2) is 0 Å². The van der Waals surface area contributed by atoms with Crippen LogP contribution < -0.4 is 0 Å². The van der Waals surface area contributed by atoms with Gasteiger partial charge in [0.1, 0.15) is 0 Å². The van der Waals surface area contributed by atoms with Crippen LogP contribution in [0, 0.1) is 5.92 Å². The van der Waals surface area contributed by atoms with E-state index in [-0.39, 0.29) is 11.8 Å². The van der Waals surface area contributed by atoms with E-state index in [4.69, 9.17) is 5.11 Å². The predicted molar refractivity (Wildman–Crippen MR) is 41.7 cm³/mol. The number of hydrogen-bond donors (Lipinski definition) is 1. The van der Waals surface area contributed by atoms with E-state index < -0.39 is 5.97 Å². The number of carboxylic acid groups (broad SMARTS) is 1. The Kier molecular flexibility index (Phi) is 1.43. The fourth-order valence-electron chi connectivity index (χ4n) is 1.47. The van der Waals surface area contributed by atoms with Crippen molar-refractivity contribution < 1.29 is 9.90 Å². The second kappa shape index (κ2) is 2.33. The summed E-state index contributed by atoms with van der Waals surface area (Å²) in [7, 11) is 1.83. The maximum atomic E-state index is 10.5. The van der Waals surface area contributed by atoms with Gasteiger partial charge in [0.05, 0.1) is 12.1 Å². The van der Waals surface area contributed by atoms with Gasteiger partial charge < -0.3 is 5.11 Å². The highest BCUT2D eigenvalue weighted by molar-refractivity contribution is 5.75. The fourth-order valence-corrected chi connectivity index (χ4v) is 1.47. The van der Waals surface area contributed by atoms with Gasteiger partial charge in [0.2, 0.25) is 0 Å². The normalized spacial score (nSPS) is 27.1. The fraction of sp³-hybridized carbons (Fsp3) is 0.500. The predicted octanol–water partition coefficient (Wildman–Crippen LogP) is 0.608. The summed E-state index contributed by atoms with van der Waals surface area (Å²) < 4.78 is 1.70. The van der Waals surface area contributed by atoms with Crippen molar-refractivity contribution in [2.24, 2.45) is 13.0 Å². The molecule has 1 unspecified atom stereocenters. The van der Waals surface area contributed by atoms with Crippen molar-refractivity contribution in [1.82, 2.24) is 9.78 Å². The summed E-state index contributed by atoms with van der Waals surface area (Å²) in [6, 6.07) is 0. The SMILES string of the molecule is Cn1cc(C2C[C@H]2C(=O)O)cn1. The average Bonchev–Trinajstić information content (AvgIpc) is 2.70. The maximum Gasteiger partial charge on any atom is 0.307 e. The molecular formula is C8H10N2O2. The van der Waals surface area contributed by atoms with Crippen molar-refractivity contribution in [3.8, 4) is 0 Å². The number of rotatable bonds is 2. The van der Waals surface area contributed by atoms with E-state index in [0.29, 0.717) is 0 Å². The molecule has 0 aliphatic heterocycles. The van der Waals surface area contributed by atoms with Crippen LogP contribution in [0.4, 0.5) is 0 Å². The number of hydrogen-bond acceptors (Lipinski definition) is 2. The minimum absolute atomic E-state index is 0.172. The van der Waals surface area contributed by atoms with Gasteiger partial charge in [-0.2, -0.15) is 5.10 Å². The average molecular weight is 166 g/mol. The number of aryl methyl sites for hydroxylation is 1. The highest BCUT2D eigenvalue weighted by Crippen LogP contribution is 2.47. The summed E-state index contributed by atoms with van der Waals surface area (Å²) in [4.78, 5) is 10.5. The highest BCUT2D eigenvalue weighted by atomic mass is 16.4. The molecular weight excluding hydrogens is 156 g/mol. The summed E-state index contributed by atoms with van der Waals surface area (Å²) >= 11 is 0. The van der Waals surface area contributed by atoms with E-state index in [1.165, 1.54) is 0 Å². The van der Waals surface area contributed by atoms with Gasteiger partial charge in [-0.15, -0.1) is 0 Å². The summed E-state index contributed by atoms with van der Waals surface area (Å²) in [5, 5.41) is 12.7. The van der Waals surface area contributed by atoms with Gasteiger partial charge >= 0.3 is 5.97 Å². The zero-order valence-electron chi connectivity index (χ0n) is 6.77. The Morgan fingerprint density at radius 1 is 1.83 bits per heavy atom. The van der Waals surface area contributed by atoms with Gasteiger partial charge in [-0.1, -0.05) is 0 Å². The molecule has 1 aliphatic carbocycles. The molecule has 0 saturated heterocycles. The van der Waals surface area contributed by atoms with Gasteiger partial charge in [-0.3, -0.25) is 9.48 Å². The highest BCUT2D eigenvalue weighted by Gasteiger charge is 2.44. The molecule has 64 valence electrons. The molecule has 1 heterocycles. The monoisotopic (exact) mass is 166 g/mol. The molecule has 1 aliphatic rings. The van der Waals surface area contributed by atoms with E-state index in [1.807, 2.05) is 13.2 Å². The topological polar surface area (TPSA) is 55.1 Å². The lowest BCUT2D eigenvalue weighted by Gasteiger charge is -1.89. The lowest BCUT2D eigenvalue weighted by molar-refractivity contribution is -0.138. The molecule has 1 saturated carbocycles. The number of carboxylic acids is 1. The van der Waals surface area contributed by atoms with Crippen molar-refractivity contribution in [1.29, 1.82) is 0 Å². The molecule has 4 heteroatoms. The Morgan fingerprint density at radius 2 is 2.58 bits per heavy atom. The Labute approximate surface area is 69.8 Å². The van der Waals surface area contributed by atoms with Crippen LogP contribution in [0.25, 0.3) is 0 Å². The summed E-state index contributed by atoms with van der Waals surface area (Å²) in [6.07, 6.45) is 4.39. The van der Waals surface area contributed by atoms with Gasteiger partial charge in [0, 0.05) is 19.2 Å². The molecule has 0 spiro atoms. The number of nitrogens with zero attached hydrogens (tertiary/aromatic N) is 2. The number of aromatic nitrogens is 2. The van der Waals surface area contributed by atoms with Crippen LogP contribution in [-0.4, -0.2) is 20.9 Å². The van der Waals surface area contributed by atoms with Crippen molar-refractivity contribution in [3.63, 3.8) is 0 Å². The third-order valence-corrected chi connectivity index (χ3v) is 2.26. The summed E-state index contributed by atoms with van der Waals surface area (Å²) in [5.41, 5.74) is 1.05. The smallest absolute Gasteiger partial charge is 0.307 e. The van der Waals surface area contributed by atoms with Crippen LogP contribution >= 0.6 is 0 Å². The van der Waals surface area contributed by atoms with Gasteiger partial charge in [0.15, 0.2) is 0 Å². The first-order valence-corrected chi connectivity index (χ1v) is 3.90. The molecule has 1 fully saturated rings. The molecule has 2 rings (SSSR count). The Morgan fingerprint density at radius 3 is 3.00 bits per heavy atom. The zero-order chi connectivity index (χ0) is 8.72. The quantitative estimate of drug-likeness (QED) is 0.700. The zero-order valence-corrected chi connectivity index (χ0v) is 6.77. The lowest BCUT2D eigenvalue weighted by atomic mass is 10.2. The third-order valence-electron chi connectivity index (χ3n) is 2.26. The molecule has 0 radical (unpaired) electrons. The first kappa shape index (κ1) is 7.34. The molecule has 0 bridgehead atoms. The summed E-state index contributed by atoms with van der Waals surface area (Å²) in [5.74, 6) is -0.658. The molecule has 1 N–H and O–H groups in total. The summed E-state index contributed by atoms with van der Waals surface area (Å²) in [6.45, 7) is 0. The molecule has 12 heavy (non-hydrogen) atoms. The Bertz CT molecular complexity index is 319. The first-order valence-electron chi connectivity index (χ1n) is 3.90. The van der Waals surface area contributed by atoms with Crippen LogP contribution in [0.3, 0.4) is 0 Å². The van der Waals surface area contributed by atoms with Crippen molar-refractivity contribution >= 4 is 5.97 Å². The van der Waals surface area contributed by atoms with Crippen LogP contribution in [0.15, 0.2) is 12.4 Å². The van der Waals surface area contributed by atoms with E-state index in [0.717, 1.165) is 12.0 Å². The Balaban J connectivity index is 2.10. The second-order valence-electron chi connectivity index (χ2n) is 3.23. The number of aliphatic carboxylic acids is 1. The minimum atomic E-state index is -0.691.